The summed E-state index contributed by atoms with van der Waals surface area (Å²) in [5, 5.41) is 2.90. The van der Waals surface area contributed by atoms with Crippen molar-refractivity contribution >= 4 is 17.7 Å². The quantitative estimate of drug-likeness (QED) is 0.832. The van der Waals surface area contributed by atoms with E-state index in [1.54, 1.807) is 6.08 Å². The summed E-state index contributed by atoms with van der Waals surface area (Å²) in [4.78, 5) is 14.5. The van der Waals surface area contributed by atoms with Gasteiger partial charge in [-0.25, -0.2) is 0 Å². The monoisotopic (exact) mass is 320 g/mol. The van der Waals surface area contributed by atoms with Crippen molar-refractivity contribution in [3.05, 3.63) is 71.8 Å². The van der Waals surface area contributed by atoms with Crippen molar-refractivity contribution in [2.45, 2.75) is 25.8 Å². The minimum absolute atomic E-state index is 0.109. The Bertz CT molecular complexity index is 671. The van der Waals surface area contributed by atoms with Gasteiger partial charge >= 0.3 is 0 Å². The van der Waals surface area contributed by atoms with Crippen LogP contribution in [-0.4, -0.2) is 23.9 Å². The van der Waals surface area contributed by atoms with E-state index in [4.69, 9.17) is 0 Å². The number of nitrogens with one attached hydrogen (secondary N) is 1. The highest BCUT2D eigenvalue weighted by atomic mass is 16.1. The molecule has 1 heterocycles. The molecule has 3 heteroatoms. The summed E-state index contributed by atoms with van der Waals surface area (Å²) in [7, 11) is 0. The maximum atomic E-state index is 12.0. The molecule has 0 aromatic heterocycles. The zero-order valence-corrected chi connectivity index (χ0v) is 13.9. The van der Waals surface area contributed by atoms with E-state index >= 15 is 0 Å². The zero-order chi connectivity index (χ0) is 16.6. The smallest absolute Gasteiger partial charge is 0.248 e. The first kappa shape index (κ1) is 16.5. The minimum atomic E-state index is -0.109. The fraction of sp³-hybridized carbons (Fsp3) is 0.286. The number of nitrogens with zero attached hydrogens (tertiary/aromatic N) is 1. The molecule has 0 radical (unpaired) electrons. The lowest BCUT2D eigenvalue weighted by Crippen LogP contribution is -2.29. The Labute approximate surface area is 144 Å². The van der Waals surface area contributed by atoms with Gasteiger partial charge in [0, 0.05) is 18.3 Å². The van der Waals surface area contributed by atoms with Gasteiger partial charge in [-0.15, -0.1) is 0 Å². The van der Waals surface area contributed by atoms with E-state index in [1.165, 1.54) is 37.9 Å². The number of amides is 1. The number of hydrogen-bond acceptors (Lipinski definition) is 2. The SMILES string of the molecule is O=C(C=Cc1ccccc1)Nc1ccc(CN2CCCCC2)cc1. The van der Waals surface area contributed by atoms with Crippen molar-refractivity contribution < 1.29 is 4.79 Å². The van der Waals surface area contributed by atoms with E-state index in [9.17, 15) is 4.79 Å². The van der Waals surface area contributed by atoms with Gasteiger partial charge in [0.05, 0.1) is 0 Å². The van der Waals surface area contributed by atoms with Crippen LogP contribution in [0.3, 0.4) is 0 Å². The van der Waals surface area contributed by atoms with Crippen molar-refractivity contribution in [3.63, 3.8) is 0 Å². The molecule has 1 aliphatic rings. The first-order valence-corrected chi connectivity index (χ1v) is 8.65. The number of carbonyl (C=O) groups excluding carboxylic acids is 1. The van der Waals surface area contributed by atoms with E-state index in [0.29, 0.717) is 0 Å². The van der Waals surface area contributed by atoms with Crippen LogP contribution >= 0.6 is 0 Å². The zero-order valence-electron chi connectivity index (χ0n) is 13.9. The maximum absolute atomic E-state index is 12.0. The molecule has 1 saturated heterocycles. The normalized spacial score (nSPS) is 15.5. The highest BCUT2D eigenvalue weighted by Crippen LogP contribution is 2.15. The van der Waals surface area contributed by atoms with Crippen molar-refractivity contribution in [2.24, 2.45) is 0 Å². The topological polar surface area (TPSA) is 32.3 Å². The van der Waals surface area contributed by atoms with E-state index in [-0.39, 0.29) is 5.91 Å². The number of piperidine rings is 1. The Kier molecular flexibility index (Phi) is 5.80. The van der Waals surface area contributed by atoms with Gasteiger partial charge in [0.15, 0.2) is 0 Å². The van der Waals surface area contributed by atoms with Crippen LogP contribution in [0.2, 0.25) is 0 Å². The second-order valence-corrected chi connectivity index (χ2v) is 6.27. The Balaban J connectivity index is 1.51. The molecule has 1 fully saturated rings. The van der Waals surface area contributed by atoms with E-state index < -0.39 is 0 Å². The second kappa shape index (κ2) is 8.46. The van der Waals surface area contributed by atoms with Gasteiger partial charge in [0.2, 0.25) is 5.91 Å². The van der Waals surface area contributed by atoms with Crippen LogP contribution in [0.1, 0.15) is 30.4 Å². The largest absolute Gasteiger partial charge is 0.323 e. The molecule has 0 bridgehead atoms. The summed E-state index contributed by atoms with van der Waals surface area (Å²) in [6.07, 6.45) is 7.36. The molecule has 24 heavy (non-hydrogen) atoms. The number of benzene rings is 2. The predicted molar refractivity (Wildman–Crippen MR) is 99.7 cm³/mol. The maximum Gasteiger partial charge on any atom is 0.248 e. The summed E-state index contributed by atoms with van der Waals surface area (Å²) >= 11 is 0. The lowest BCUT2D eigenvalue weighted by Gasteiger charge is -2.26. The highest BCUT2D eigenvalue weighted by molar-refractivity contribution is 6.01. The van der Waals surface area contributed by atoms with Crippen molar-refractivity contribution in [1.82, 2.24) is 4.90 Å². The van der Waals surface area contributed by atoms with Gasteiger partial charge < -0.3 is 5.32 Å². The van der Waals surface area contributed by atoms with Gasteiger partial charge in [0.1, 0.15) is 0 Å². The van der Waals surface area contributed by atoms with E-state index in [1.807, 2.05) is 48.5 Å². The third-order valence-electron chi connectivity index (χ3n) is 4.30. The first-order chi connectivity index (χ1) is 11.8. The Hall–Kier alpha value is -2.39. The van der Waals surface area contributed by atoms with Crippen molar-refractivity contribution in [3.8, 4) is 0 Å². The molecule has 0 aliphatic carbocycles. The average Bonchev–Trinajstić information content (AvgIpc) is 2.63. The summed E-state index contributed by atoms with van der Waals surface area (Å²) < 4.78 is 0. The highest BCUT2D eigenvalue weighted by Gasteiger charge is 2.10. The minimum Gasteiger partial charge on any atom is -0.323 e. The molecule has 0 atom stereocenters. The molecule has 0 saturated carbocycles. The van der Waals surface area contributed by atoms with Crippen molar-refractivity contribution in [2.75, 3.05) is 18.4 Å². The number of carbonyl (C=O) groups is 1. The van der Waals surface area contributed by atoms with Gasteiger partial charge in [-0.3, -0.25) is 9.69 Å². The molecule has 3 rings (SSSR count). The van der Waals surface area contributed by atoms with Gasteiger partial charge in [-0.05, 0) is 55.3 Å². The molecule has 3 nitrogen and oxygen atoms in total. The molecule has 1 N–H and O–H groups in total. The summed E-state index contributed by atoms with van der Waals surface area (Å²) in [5.41, 5.74) is 3.15. The molecule has 1 aliphatic heterocycles. The molecule has 2 aromatic carbocycles. The summed E-state index contributed by atoms with van der Waals surface area (Å²) in [6.45, 7) is 3.40. The van der Waals surface area contributed by atoms with Gasteiger partial charge in [-0.1, -0.05) is 48.9 Å². The molecule has 1 amide bonds. The van der Waals surface area contributed by atoms with E-state index in [2.05, 4.69) is 22.3 Å². The Morgan fingerprint density at radius 2 is 1.67 bits per heavy atom. The molecule has 0 spiro atoms. The number of likely N-dealkylation sites (tertiary alicyclic amines) is 1. The predicted octanol–water partition coefficient (Wildman–Crippen LogP) is 4.32. The third kappa shape index (κ3) is 5.07. The lowest BCUT2D eigenvalue weighted by molar-refractivity contribution is -0.111. The van der Waals surface area contributed by atoms with Gasteiger partial charge in [-0.2, -0.15) is 0 Å². The molecular weight excluding hydrogens is 296 g/mol. The Morgan fingerprint density at radius 1 is 0.958 bits per heavy atom. The molecule has 124 valence electrons. The second-order valence-electron chi connectivity index (χ2n) is 6.27. The van der Waals surface area contributed by atoms with Crippen LogP contribution in [0, 0.1) is 0 Å². The molecule has 2 aromatic rings. The van der Waals surface area contributed by atoms with Crippen LogP contribution < -0.4 is 5.32 Å². The average molecular weight is 320 g/mol. The number of rotatable bonds is 5. The fourth-order valence-corrected chi connectivity index (χ4v) is 2.99. The van der Waals surface area contributed by atoms with Crippen LogP contribution in [0.25, 0.3) is 6.08 Å². The number of hydrogen-bond donors (Lipinski definition) is 1. The van der Waals surface area contributed by atoms with E-state index in [0.717, 1.165) is 17.8 Å². The first-order valence-electron chi connectivity index (χ1n) is 8.65. The van der Waals surface area contributed by atoms with Crippen LogP contribution in [0.15, 0.2) is 60.7 Å². The summed E-state index contributed by atoms with van der Waals surface area (Å²) in [6, 6.07) is 18.0. The van der Waals surface area contributed by atoms with Crippen LogP contribution in [-0.2, 0) is 11.3 Å². The number of anilines is 1. The molecular formula is C21H24N2O. The lowest BCUT2D eigenvalue weighted by atomic mass is 10.1. The standard InChI is InChI=1S/C21H24N2O/c24-21(14-11-18-7-3-1-4-8-18)22-20-12-9-19(10-13-20)17-23-15-5-2-6-16-23/h1,3-4,7-14H,2,5-6,15-17H2,(H,22,24). The third-order valence-corrected chi connectivity index (χ3v) is 4.30. The van der Waals surface area contributed by atoms with Gasteiger partial charge in [0.25, 0.3) is 0 Å². The fourth-order valence-electron chi connectivity index (χ4n) is 2.99. The Morgan fingerprint density at radius 3 is 2.38 bits per heavy atom. The van der Waals surface area contributed by atoms with Crippen molar-refractivity contribution in [1.29, 1.82) is 0 Å². The van der Waals surface area contributed by atoms with Crippen LogP contribution in [0.5, 0.6) is 0 Å². The summed E-state index contributed by atoms with van der Waals surface area (Å²) in [5.74, 6) is -0.109. The molecule has 0 unspecified atom stereocenters. The van der Waals surface area contributed by atoms with Crippen LogP contribution in [0.4, 0.5) is 5.69 Å².